The Morgan fingerprint density at radius 1 is 1.26 bits per heavy atom. The van der Waals surface area contributed by atoms with Gasteiger partial charge in [0.1, 0.15) is 12.4 Å². The molecule has 0 bridgehead atoms. The molecule has 174 valence electrons. The van der Waals surface area contributed by atoms with Crippen LogP contribution in [0.15, 0.2) is 36.4 Å². The van der Waals surface area contributed by atoms with Gasteiger partial charge in [-0.3, -0.25) is 4.79 Å². The molecule has 6 nitrogen and oxygen atoms in total. The molecule has 2 rings (SSSR count). The van der Waals surface area contributed by atoms with Gasteiger partial charge in [0.25, 0.3) is 0 Å². The van der Waals surface area contributed by atoms with Gasteiger partial charge in [-0.15, -0.1) is 11.6 Å². The van der Waals surface area contributed by atoms with Crippen molar-refractivity contribution in [2.75, 3.05) is 19.8 Å². The summed E-state index contributed by atoms with van der Waals surface area (Å²) < 4.78 is 10.7. The maximum absolute atomic E-state index is 11.4. The first kappa shape index (κ1) is 25.7. The molecule has 5 atom stereocenters. The quantitative estimate of drug-likeness (QED) is 0.238. The Balaban J connectivity index is 1.82. The van der Waals surface area contributed by atoms with Gasteiger partial charge in [0, 0.05) is 17.7 Å². The fourth-order valence-corrected chi connectivity index (χ4v) is 4.39. The average Bonchev–Trinajstić information content (AvgIpc) is 3.03. The van der Waals surface area contributed by atoms with E-state index in [2.05, 4.69) is 0 Å². The van der Waals surface area contributed by atoms with Crippen LogP contribution in [0.5, 0.6) is 5.75 Å². The maximum Gasteiger partial charge on any atom is 0.306 e. The van der Waals surface area contributed by atoms with E-state index in [1.807, 2.05) is 43.3 Å². The van der Waals surface area contributed by atoms with Gasteiger partial charge in [0.2, 0.25) is 0 Å². The number of alkyl halides is 1. The zero-order valence-electron chi connectivity index (χ0n) is 18.2. The molecule has 31 heavy (non-hydrogen) atoms. The molecular weight excluding hydrogens is 420 g/mol. The Hall–Kier alpha value is -1.60. The minimum atomic E-state index is -0.514. The predicted molar refractivity (Wildman–Crippen MR) is 120 cm³/mol. The van der Waals surface area contributed by atoms with Crippen LogP contribution >= 0.6 is 11.6 Å². The van der Waals surface area contributed by atoms with Crippen molar-refractivity contribution in [2.24, 2.45) is 11.8 Å². The van der Waals surface area contributed by atoms with Crippen molar-refractivity contribution >= 4 is 17.6 Å². The number of esters is 1. The first-order valence-electron chi connectivity index (χ1n) is 11.1. The normalized spacial score (nSPS) is 24.4. The molecule has 7 heteroatoms. The Morgan fingerprint density at radius 3 is 2.68 bits per heavy atom. The summed E-state index contributed by atoms with van der Waals surface area (Å²) >= 11 is 6.48. The number of hydrogen-bond donors (Lipinski definition) is 3. The Bertz CT molecular complexity index is 677. The van der Waals surface area contributed by atoms with Crippen LogP contribution in [0.4, 0.5) is 0 Å². The van der Waals surface area contributed by atoms with Crippen LogP contribution < -0.4 is 4.74 Å². The van der Waals surface area contributed by atoms with Gasteiger partial charge in [-0.25, -0.2) is 0 Å². The summed E-state index contributed by atoms with van der Waals surface area (Å²) in [5, 5.41) is 29.0. The van der Waals surface area contributed by atoms with Crippen LogP contribution in [0.1, 0.15) is 57.1 Å². The molecule has 1 unspecified atom stereocenters. The number of benzene rings is 1. The summed E-state index contributed by atoms with van der Waals surface area (Å²) in [6, 6.07) is 7.44. The van der Waals surface area contributed by atoms with Crippen molar-refractivity contribution in [1.29, 1.82) is 0 Å². The fourth-order valence-electron chi connectivity index (χ4n) is 3.91. The number of halogens is 1. The van der Waals surface area contributed by atoms with Gasteiger partial charge in [-0.1, -0.05) is 37.6 Å². The summed E-state index contributed by atoms with van der Waals surface area (Å²) in [5.41, 5.74) is 0.874. The van der Waals surface area contributed by atoms with Crippen LogP contribution in [-0.4, -0.2) is 52.6 Å². The van der Waals surface area contributed by atoms with Gasteiger partial charge < -0.3 is 24.8 Å². The summed E-state index contributed by atoms with van der Waals surface area (Å²) in [6.07, 6.45) is 6.65. The second kappa shape index (κ2) is 13.7. The Labute approximate surface area is 189 Å². The molecule has 0 aliphatic heterocycles. The summed E-state index contributed by atoms with van der Waals surface area (Å²) in [6.45, 7) is 2.26. The minimum absolute atomic E-state index is 0.0279. The van der Waals surface area contributed by atoms with Gasteiger partial charge in [-0.05, 0) is 49.3 Å². The molecule has 0 spiro atoms. The molecule has 1 aromatic rings. The van der Waals surface area contributed by atoms with Crippen LogP contribution in [0.3, 0.4) is 0 Å². The highest BCUT2D eigenvalue weighted by Crippen LogP contribution is 2.39. The van der Waals surface area contributed by atoms with Crippen molar-refractivity contribution in [2.45, 2.75) is 63.0 Å². The Kier molecular flexibility index (Phi) is 11.4. The summed E-state index contributed by atoms with van der Waals surface area (Å²) in [4.78, 5) is 11.4. The number of aliphatic hydroxyl groups is 3. The van der Waals surface area contributed by atoms with Gasteiger partial charge >= 0.3 is 5.97 Å². The first-order valence-corrected chi connectivity index (χ1v) is 11.5. The lowest BCUT2D eigenvalue weighted by Crippen LogP contribution is -2.27. The van der Waals surface area contributed by atoms with E-state index < -0.39 is 12.2 Å². The van der Waals surface area contributed by atoms with Crippen molar-refractivity contribution in [3.63, 3.8) is 0 Å². The van der Waals surface area contributed by atoms with E-state index in [1.165, 1.54) is 0 Å². The zero-order chi connectivity index (χ0) is 22.6. The molecule has 1 aliphatic rings. The highest BCUT2D eigenvalue weighted by Gasteiger charge is 2.41. The van der Waals surface area contributed by atoms with Gasteiger partial charge in [0.15, 0.2) is 0 Å². The molecule has 3 N–H and O–H groups in total. The molecule has 0 amide bonds. The minimum Gasteiger partial charge on any atom is -0.493 e. The standard InChI is InChI=1S/C24H35ClO6/c1-2-6-22(27)17-9-11-18(12-10-17)31-16-20-19(21(25)15-23(20)28)7-4-3-5-8-24(29)30-14-13-26/h3-4,9-12,19-23,26-28H,2,5-8,13-16H2,1H3/b4-3-/t19-,20-,21-,22?,23-/m1/s1. The van der Waals surface area contributed by atoms with E-state index in [1.54, 1.807) is 0 Å². The Morgan fingerprint density at radius 2 is 2.00 bits per heavy atom. The first-order chi connectivity index (χ1) is 15.0. The largest absolute Gasteiger partial charge is 0.493 e. The lowest BCUT2D eigenvalue weighted by molar-refractivity contribution is -0.144. The van der Waals surface area contributed by atoms with Gasteiger partial charge in [0.05, 0.1) is 25.4 Å². The second-order valence-corrected chi connectivity index (χ2v) is 8.58. The van der Waals surface area contributed by atoms with E-state index >= 15 is 0 Å². The van der Waals surface area contributed by atoms with Crippen LogP contribution in [0.2, 0.25) is 0 Å². The summed E-state index contributed by atoms with van der Waals surface area (Å²) in [5.74, 6) is 0.380. The molecule has 1 fully saturated rings. The fraction of sp³-hybridized carbons (Fsp3) is 0.625. The van der Waals surface area contributed by atoms with Crippen molar-refractivity contribution in [3.8, 4) is 5.75 Å². The maximum atomic E-state index is 11.4. The molecule has 0 heterocycles. The molecule has 0 radical (unpaired) electrons. The number of hydrogen-bond acceptors (Lipinski definition) is 6. The van der Waals surface area contributed by atoms with Crippen molar-refractivity contribution in [3.05, 3.63) is 42.0 Å². The lowest BCUT2D eigenvalue weighted by atomic mass is 9.92. The average molecular weight is 455 g/mol. The third kappa shape index (κ3) is 8.45. The number of ether oxygens (including phenoxy) is 2. The third-order valence-corrected chi connectivity index (χ3v) is 6.19. The molecule has 1 saturated carbocycles. The van der Waals surface area contributed by atoms with Crippen LogP contribution in [-0.2, 0) is 9.53 Å². The van der Waals surface area contributed by atoms with Crippen molar-refractivity contribution < 1.29 is 29.6 Å². The number of aliphatic hydroxyl groups excluding tert-OH is 3. The van der Waals surface area contributed by atoms with Crippen LogP contribution in [0, 0.1) is 11.8 Å². The monoisotopic (exact) mass is 454 g/mol. The van der Waals surface area contributed by atoms with Crippen LogP contribution in [0.25, 0.3) is 0 Å². The second-order valence-electron chi connectivity index (χ2n) is 8.02. The molecular formula is C24H35ClO6. The van der Waals surface area contributed by atoms with E-state index in [9.17, 15) is 15.0 Å². The third-order valence-electron chi connectivity index (χ3n) is 5.69. The van der Waals surface area contributed by atoms with E-state index in [-0.39, 0.29) is 42.8 Å². The smallest absolute Gasteiger partial charge is 0.306 e. The van der Waals surface area contributed by atoms with E-state index in [0.717, 1.165) is 18.4 Å². The van der Waals surface area contributed by atoms with Gasteiger partial charge in [-0.2, -0.15) is 0 Å². The number of carbonyl (C=O) groups excluding carboxylic acids is 1. The number of allylic oxidation sites excluding steroid dienone is 2. The highest BCUT2D eigenvalue weighted by atomic mass is 35.5. The number of rotatable bonds is 13. The predicted octanol–water partition coefficient (Wildman–Crippen LogP) is 3.77. The SMILES string of the molecule is CCCC(O)c1ccc(OC[C@@H]2[C@@H](C/C=C\CCC(=O)OCCO)[C@H](Cl)C[C@H]2O)cc1. The highest BCUT2D eigenvalue weighted by molar-refractivity contribution is 6.21. The lowest BCUT2D eigenvalue weighted by Gasteiger charge is -2.22. The number of carbonyl (C=O) groups is 1. The van der Waals surface area contributed by atoms with E-state index in [4.69, 9.17) is 26.2 Å². The van der Waals surface area contributed by atoms with Crippen molar-refractivity contribution in [1.82, 2.24) is 0 Å². The van der Waals surface area contributed by atoms with E-state index in [0.29, 0.717) is 31.6 Å². The molecule has 0 saturated heterocycles. The molecule has 1 aliphatic carbocycles. The zero-order valence-corrected chi connectivity index (χ0v) is 18.9. The molecule has 1 aromatic carbocycles. The topological polar surface area (TPSA) is 96.2 Å². The molecule has 0 aromatic heterocycles. The summed E-state index contributed by atoms with van der Waals surface area (Å²) in [7, 11) is 0.